The van der Waals surface area contributed by atoms with E-state index in [1.807, 2.05) is 0 Å². The molecule has 0 aromatic heterocycles. The molecule has 2 aliphatic heterocycles. The van der Waals surface area contributed by atoms with Crippen LogP contribution in [0.1, 0.15) is 12.8 Å². The Labute approximate surface area is 107 Å². The van der Waals surface area contributed by atoms with Gasteiger partial charge in [-0.25, -0.2) is 0 Å². The van der Waals surface area contributed by atoms with Crippen molar-refractivity contribution in [2.24, 2.45) is 5.92 Å². The van der Waals surface area contributed by atoms with Crippen molar-refractivity contribution in [3.05, 3.63) is 0 Å². The van der Waals surface area contributed by atoms with E-state index >= 15 is 0 Å². The maximum Gasteiger partial charge on any atom is 0.311 e. The first-order chi connectivity index (χ1) is 8.77. The van der Waals surface area contributed by atoms with Gasteiger partial charge in [-0.15, -0.1) is 0 Å². The Morgan fingerprint density at radius 1 is 1.22 bits per heavy atom. The third-order valence-electron chi connectivity index (χ3n) is 3.49. The van der Waals surface area contributed by atoms with E-state index in [2.05, 4.69) is 10.6 Å². The lowest BCUT2D eigenvalue weighted by Gasteiger charge is -2.27. The summed E-state index contributed by atoms with van der Waals surface area (Å²) in [6.07, 6.45) is 1.92. The molecule has 2 N–H and O–H groups in total. The number of ether oxygens (including phenoxy) is 1. The molecule has 0 bridgehead atoms. The van der Waals surface area contributed by atoms with E-state index in [1.165, 1.54) is 0 Å². The quantitative estimate of drug-likeness (QED) is 0.618. The van der Waals surface area contributed by atoms with Crippen molar-refractivity contribution in [1.29, 1.82) is 0 Å². The van der Waals surface area contributed by atoms with E-state index in [0.717, 1.165) is 39.1 Å². The van der Waals surface area contributed by atoms with Gasteiger partial charge in [0.25, 0.3) is 0 Å². The van der Waals surface area contributed by atoms with E-state index in [0.29, 0.717) is 25.6 Å². The summed E-state index contributed by atoms with van der Waals surface area (Å²) in [4.78, 5) is 25.2. The molecule has 18 heavy (non-hydrogen) atoms. The number of hydrogen-bond donors (Lipinski definition) is 2. The van der Waals surface area contributed by atoms with Crippen LogP contribution in [0.5, 0.6) is 0 Å². The molecule has 2 amide bonds. The number of nitrogens with one attached hydrogen (secondary N) is 2. The molecular formula is C12H21N3O3. The highest BCUT2D eigenvalue weighted by Crippen LogP contribution is 2.13. The summed E-state index contributed by atoms with van der Waals surface area (Å²) in [6.45, 7) is 4.85. The van der Waals surface area contributed by atoms with Crippen LogP contribution < -0.4 is 10.6 Å². The molecule has 0 spiro atoms. The third-order valence-corrected chi connectivity index (χ3v) is 3.49. The number of amides is 2. The summed E-state index contributed by atoms with van der Waals surface area (Å²) < 4.78 is 5.25. The van der Waals surface area contributed by atoms with Crippen molar-refractivity contribution in [2.45, 2.75) is 12.8 Å². The van der Waals surface area contributed by atoms with Crippen molar-refractivity contribution in [2.75, 3.05) is 45.9 Å². The smallest absolute Gasteiger partial charge is 0.311 e. The van der Waals surface area contributed by atoms with Gasteiger partial charge in [-0.3, -0.25) is 9.59 Å². The predicted octanol–water partition coefficient (Wildman–Crippen LogP) is -1.04. The molecule has 0 saturated carbocycles. The van der Waals surface area contributed by atoms with Gasteiger partial charge in [-0.2, -0.15) is 0 Å². The monoisotopic (exact) mass is 255 g/mol. The highest BCUT2D eigenvalue weighted by Gasteiger charge is 2.24. The fraction of sp³-hybridized carbons (Fsp3) is 0.833. The van der Waals surface area contributed by atoms with E-state index in [-0.39, 0.29) is 0 Å². The van der Waals surface area contributed by atoms with Gasteiger partial charge in [0.05, 0.1) is 0 Å². The average Bonchev–Trinajstić information content (AvgIpc) is 2.46. The topological polar surface area (TPSA) is 70.7 Å². The highest BCUT2D eigenvalue weighted by atomic mass is 16.5. The molecule has 2 fully saturated rings. The lowest BCUT2D eigenvalue weighted by molar-refractivity contribution is -0.146. The normalized spacial score (nSPS) is 21.7. The molecule has 0 radical (unpaired) electrons. The molecule has 0 unspecified atom stereocenters. The first kappa shape index (κ1) is 13.3. The number of rotatable bonds is 2. The summed E-state index contributed by atoms with van der Waals surface area (Å²) >= 11 is 0. The molecule has 0 aromatic carbocycles. The summed E-state index contributed by atoms with van der Waals surface area (Å²) in [5.74, 6) is -0.425. The second-order valence-electron chi connectivity index (χ2n) is 4.81. The van der Waals surface area contributed by atoms with Crippen LogP contribution in [0.3, 0.4) is 0 Å². The number of piperazine rings is 1. The lowest BCUT2D eigenvalue weighted by atomic mass is 10.0. The summed E-state index contributed by atoms with van der Waals surface area (Å²) in [6, 6.07) is 0. The molecule has 0 aromatic rings. The zero-order valence-electron chi connectivity index (χ0n) is 10.6. The Balaban J connectivity index is 1.71. The fourth-order valence-electron chi connectivity index (χ4n) is 2.27. The molecule has 0 aliphatic carbocycles. The zero-order valence-corrected chi connectivity index (χ0v) is 10.6. The molecule has 6 nitrogen and oxygen atoms in total. The van der Waals surface area contributed by atoms with Gasteiger partial charge in [0.15, 0.2) is 0 Å². The number of carbonyl (C=O) groups is 2. The van der Waals surface area contributed by atoms with Gasteiger partial charge in [0.2, 0.25) is 0 Å². The van der Waals surface area contributed by atoms with E-state index in [4.69, 9.17) is 4.74 Å². The SMILES string of the molecule is O=C(NCC1CCOCC1)C(=O)N1CCNCC1. The Hall–Kier alpha value is -1.14. The molecule has 2 rings (SSSR count). The predicted molar refractivity (Wildman–Crippen MR) is 66.0 cm³/mol. The third kappa shape index (κ3) is 3.68. The molecule has 2 aliphatic rings. The van der Waals surface area contributed by atoms with Crippen molar-refractivity contribution < 1.29 is 14.3 Å². The van der Waals surface area contributed by atoms with Crippen molar-refractivity contribution in [3.63, 3.8) is 0 Å². The Morgan fingerprint density at radius 2 is 1.89 bits per heavy atom. The van der Waals surface area contributed by atoms with Crippen LogP contribution in [-0.2, 0) is 14.3 Å². The molecule has 2 saturated heterocycles. The largest absolute Gasteiger partial charge is 0.381 e. The van der Waals surface area contributed by atoms with Crippen LogP contribution in [0.15, 0.2) is 0 Å². The Kier molecular flexibility index (Phi) is 4.95. The minimum absolute atomic E-state index is 0.399. The molecule has 6 heteroatoms. The van der Waals surface area contributed by atoms with Gasteiger partial charge in [-0.05, 0) is 18.8 Å². The first-order valence-electron chi connectivity index (χ1n) is 6.63. The van der Waals surface area contributed by atoms with Gasteiger partial charge in [0, 0.05) is 45.9 Å². The highest BCUT2D eigenvalue weighted by molar-refractivity contribution is 6.35. The van der Waals surface area contributed by atoms with E-state index in [9.17, 15) is 9.59 Å². The second-order valence-corrected chi connectivity index (χ2v) is 4.81. The van der Waals surface area contributed by atoms with Crippen LogP contribution in [0.25, 0.3) is 0 Å². The van der Waals surface area contributed by atoms with Crippen molar-refractivity contribution >= 4 is 11.8 Å². The van der Waals surface area contributed by atoms with Crippen molar-refractivity contribution in [3.8, 4) is 0 Å². The number of carbonyl (C=O) groups excluding carboxylic acids is 2. The van der Waals surface area contributed by atoms with Gasteiger partial charge >= 0.3 is 11.8 Å². The van der Waals surface area contributed by atoms with Crippen LogP contribution in [-0.4, -0.2) is 62.7 Å². The molecular weight excluding hydrogens is 234 g/mol. The molecule has 0 atom stereocenters. The summed E-state index contributed by atoms with van der Waals surface area (Å²) in [7, 11) is 0. The van der Waals surface area contributed by atoms with Gasteiger partial charge < -0.3 is 20.3 Å². The van der Waals surface area contributed by atoms with Crippen LogP contribution in [0.2, 0.25) is 0 Å². The average molecular weight is 255 g/mol. The molecule has 2 heterocycles. The standard InChI is InChI=1S/C12H21N3O3/c16-11(12(17)15-5-3-13-4-6-15)14-9-10-1-7-18-8-2-10/h10,13H,1-9H2,(H,14,16). The Morgan fingerprint density at radius 3 is 2.56 bits per heavy atom. The maximum atomic E-state index is 11.8. The first-order valence-corrected chi connectivity index (χ1v) is 6.63. The zero-order chi connectivity index (χ0) is 12.8. The van der Waals surface area contributed by atoms with E-state index < -0.39 is 11.8 Å². The van der Waals surface area contributed by atoms with Gasteiger partial charge in [0.1, 0.15) is 0 Å². The summed E-state index contributed by atoms with van der Waals surface area (Å²) in [5.41, 5.74) is 0. The van der Waals surface area contributed by atoms with Gasteiger partial charge in [-0.1, -0.05) is 0 Å². The van der Waals surface area contributed by atoms with Crippen LogP contribution in [0.4, 0.5) is 0 Å². The maximum absolute atomic E-state index is 11.8. The number of hydrogen-bond acceptors (Lipinski definition) is 4. The van der Waals surface area contributed by atoms with E-state index in [1.54, 1.807) is 4.90 Å². The minimum atomic E-state index is -0.469. The van der Waals surface area contributed by atoms with Crippen molar-refractivity contribution in [1.82, 2.24) is 15.5 Å². The minimum Gasteiger partial charge on any atom is -0.381 e. The lowest BCUT2D eigenvalue weighted by Crippen LogP contribution is -2.51. The number of nitrogens with zero attached hydrogens (tertiary/aromatic N) is 1. The Bertz CT molecular complexity index is 297. The summed E-state index contributed by atoms with van der Waals surface area (Å²) in [5, 5.41) is 5.90. The second kappa shape index (κ2) is 6.70. The van der Waals surface area contributed by atoms with Crippen LogP contribution >= 0.6 is 0 Å². The molecule has 102 valence electrons. The van der Waals surface area contributed by atoms with Crippen LogP contribution in [0, 0.1) is 5.92 Å². The fourth-order valence-corrected chi connectivity index (χ4v) is 2.27.